The summed E-state index contributed by atoms with van der Waals surface area (Å²) in [4.78, 5) is 12.8. The SMILES string of the molecule is CSc1nnc(SCC(=O)c2cc(C)n(Cc3ccc4c(c3)OCO4)c2C)s1. The van der Waals surface area contributed by atoms with Crippen molar-refractivity contribution in [1.29, 1.82) is 0 Å². The molecule has 9 heteroatoms. The Bertz CT molecular complexity index is 1030. The van der Waals surface area contributed by atoms with Crippen LogP contribution in [-0.2, 0) is 6.54 Å². The first-order chi connectivity index (χ1) is 13.5. The van der Waals surface area contributed by atoms with Crippen LogP contribution in [0.1, 0.15) is 27.3 Å². The molecule has 1 aromatic carbocycles. The first-order valence-corrected chi connectivity index (χ1v) is 11.7. The van der Waals surface area contributed by atoms with Crippen molar-refractivity contribution in [2.75, 3.05) is 18.8 Å². The van der Waals surface area contributed by atoms with Gasteiger partial charge >= 0.3 is 0 Å². The van der Waals surface area contributed by atoms with Crippen molar-refractivity contribution >= 4 is 40.6 Å². The average Bonchev–Trinajstić information content (AvgIpc) is 3.41. The van der Waals surface area contributed by atoms with Gasteiger partial charge in [0.2, 0.25) is 6.79 Å². The fourth-order valence-electron chi connectivity index (χ4n) is 3.09. The van der Waals surface area contributed by atoms with Crippen LogP contribution in [0.5, 0.6) is 11.5 Å². The monoisotopic (exact) mass is 433 g/mol. The zero-order valence-electron chi connectivity index (χ0n) is 15.7. The number of Topliss-reactive ketones (excluding diaryl/α,β-unsaturated/α-hetero) is 1. The van der Waals surface area contributed by atoms with Crippen molar-refractivity contribution < 1.29 is 14.3 Å². The molecule has 0 atom stereocenters. The predicted octanol–water partition coefficient (Wildman–Crippen LogP) is 4.43. The van der Waals surface area contributed by atoms with Gasteiger partial charge in [-0.15, -0.1) is 10.2 Å². The minimum atomic E-state index is 0.107. The van der Waals surface area contributed by atoms with Gasteiger partial charge in [0.1, 0.15) is 0 Å². The van der Waals surface area contributed by atoms with Crippen LogP contribution in [0, 0.1) is 13.8 Å². The minimum absolute atomic E-state index is 0.107. The molecule has 0 saturated heterocycles. The molecule has 146 valence electrons. The number of aromatic nitrogens is 3. The summed E-state index contributed by atoms with van der Waals surface area (Å²) in [6, 6.07) is 7.93. The van der Waals surface area contributed by atoms with E-state index in [9.17, 15) is 4.79 Å². The molecule has 0 bridgehead atoms. The lowest BCUT2D eigenvalue weighted by molar-refractivity contribution is 0.102. The lowest BCUT2D eigenvalue weighted by Gasteiger charge is -2.10. The second-order valence-electron chi connectivity index (χ2n) is 6.31. The molecule has 0 fully saturated rings. The third kappa shape index (κ3) is 3.92. The normalized spacial score (nSPS) is 12.5. The Kier molecular flexibility index (Phi) is 5.65. The topological polar surface area (TPSA) is 66.2 Å². The fraction of sp³-hybridized carbons (Fsp3) is 0.316. The molecule has 3 heterocycles. The average molecular weight is 434 g/mol. The van der Waals surface area contributed by atoms with Crippen molar-refractivity contribution in [3.8, 4) is 11.5 Å². The highest BCUT2D eigenvalue weighted by Crippen LogP contribution is 2.33. The first-order valence-electron chi connectivity index (χ1n) is 8.64. The quantitative estimate of drug-likeness (QED) is 0.403. The van der Waals surface area contributed by atoms with Crippen LogP contribution < -0.4 is 9.47 Å². The third-order valence-corrected chi connectivity index (χ3v) is 7.57. The molecule has 0 amide bonds. The van der Waals surface area contributed by atoms with Crippen molar-refractivity contribution in [3.05, 3.63) is 46.8 Å². The summed E-state index contributed by atoms with van der Waals surface area (Å²) in [5, 5.41) is 8.18. The van der Waals surface area contributed by atoms with Crippen LogP contribution >= 0.6 is 34.9 Å². The molecular formula is C19H19N3O3S3. The maximum atomic E-state index is 12.8. The summed E-state index contributed by atoms with van der Waals surface area (Å²) in [7, 11) is 0. The van der Waals surface area contributed by atoms with E-state index in [1.165, 1.54) is 23.1 Å². The number of aryl methyl sites for hydroxylation is 1. The van der Waals surface area contributed by atoms with Gasteiger partial charge < -0.3 is 14.0 Å². The van der Waals surface area contributed by atoms with Gasteiger partial charge in [-0.3, -0.25) is 4.79 Å². The Balaban J connectivity index is 1.47. The van der Waals surface area contributed by atoms with Crippen LogP contribution in [0.15, 0.2) is 32.9 Å². The van der Waals surface area contributed by atoms with Gasteiger partial charge in [-0.2, -0.15) is 0 Å². The molecule has 0 N–H and O–H groups in total. The zero-order valence-corrected chi connectivity index (χ0v) is 18.2. The number of carbonyl (C=O) groups is 1. The lowest BCUT2D eigenvalue weighted by Crippen LogP contribution is -2.07. The molecule has 0 saturated carbocycles. The van der Waals surface area contributed by atoms with Crippen molar-refractivity contribution in [1.82, 2.24) is 14.8 Å². The summed E-state index contributed by atoms with van der Waals surface area (Å²) in [6.45, 7) is 4.97. The van der Waals surface area contributed by atoms with E-state index < -0.39 is 0 Å². The highest BCUT2D eigenvalue weighted by atomic mass is 32.2. The van der Waals surface area contributed by atoms with Gasteiger partial charge in [0.05, 0.1) is 5.75 Å². The van der Waals surface area contributed by atoms with Crippen LogP contribution in [0.25, 0.3) is 0 Å². The molecule has 4 rings (SSSR count). The number of thioether (sulfide) groups is 2. The molecule has 3 aromatic rings. The van der Waals surface area contributed by atoms with Gasteiger partial charge in [-0.05, 0) is 43.9 Å². The molecular weight excluding hydrogens is 414 g/mol. The number of carbonyl (C=O) groups excluding carboxylic acids is 1. The Labute approximate surface area is 175 Å². The number of hydrogen-bond donors (Lipinski definition) is 0. The van der Waals surface area contributed by atoms with Gasteiger partial charge in [-0.25, -0.2) is 0 Å². The van der Waals surface area contributed by atoms with Crippen molar-refractivity contribution in [2.45, 2.75) is 29.1 Å². The van der Waals surface area contributed by atoms with Crippen LogP contribution in [-0.4, -0.2) is 39.3 Å². The maximum Gasteiger partial charge on any atom is 0.231 e. The Morgan fingerprint density at radius 2 is 1.96 bits per heavy atom. The summed E-state index contributed by atoms with van der Waals surface area (Å²) in [5.74, 6) is 2.02. The summed E-state index contributed by atoms with van der Waals surface area (Å²) in [5.41, 5.74) is 3.91. The van der Waals surface area contributed by atoms with E-state index in [0.29, 0.717) is 12.3 Å². The summed E-state index contributed by atoms with van der Waals surface area (Å²) >= 11 is 4.52. The van der Waals surface area contributed by atoms with Crippen LogP contribution in [0.4, 0.5) is 0 Å². The molecule has 28 heavy (non-hydrogen) atoms. The highest BCUT2D eigenvalue weighted by Gasteiger charge is 2.18. The summed E-state index contributed by atoms with van der Waals surface area (Å²) in [6.07, 6.45) is 1.97. The standard InChI is InChI=1S/C19H19N3O3S3/c1-11-6-14(15(23)9-27-19-21-20-18(26-3)28-19)12(2)22(11)8-13-4-5-16-17(7-13)25-10-24-16/h4-7H,8-10H2,1-3H3. The third-order valence-electron chi connectivity index (χ3n) is 4.54. The molecule has 0 spiro atoms. The highest BCUT2D eigenvalue weighted by molar-refractivity contribution is 8.03. The van der Waals surface area contributed by atoms with E-state index in [-0.39, 0.29) is 12.6 Å². The predicted molar refractivity (Wildman–Crippen MR) is 112 cm³/mol. The Morgan fingerprint density at radius 1 is 1.18 bits per heavy atom. The van der Waals surface area contributed by atoms with Gasteiger partial charge in [0, 0.05) is 23.5 Å². The van der Waals surface area contributed by atoms with E-state index in [1.54, 1.807) is 11.8 Å². The number of benzene rings is 1. The molecule has 6 nitrogen and oxygen atoms in total. The molecule has 0 radical (unpaired) electrons. The van der Waals surface area contributed by atoms with E-state index in [0.717, 1.165) is 42.7 Å². The molecule has 0 unspecified atom stereocenters. The molecule has 0 aliphatic carbocycles. The largest absolute Gasteiger partial charge is 0.454 e. The number of ketones is 1. The zero-order chi connectivity index (χ0) is 19.7. The van der Waals surface area contributed by atoms with Gasteiger partial charge in [0.15, 0.2) is 26.0 Å². The fourth-order valence-corrected chi connectivity index (χ4v) is 5.41. The van der Waals surface area contributed by atoms with Crippen LogP contribution in [0.2, 0.25) is 0 Å². The van der Waals surface area contributed by atoms with Crippen molar-refractivity contribution in [3.63, 3.8) is 0 Å². The van der Waals surface area contributed by atoms with Crippen LogP contribution in [0.3, 0.4) is 0 Å². The summed E-state index contributed by atoms with van der Waals surface area (Å²) < 4.78 is 14.7. The molecule has 2 aromatic heterocycles. The maximum absolute atomic E-state index is 12.8. The number of nitrogens with zero attached hydrogens (tertiary/aromatic N) is 3. The first kappa shape index (κ1) is 19.4. The number of ether oxygens (including phenoxy) is 2. The molecule has 1 aliphatic heterocycles. The van der Waals surface area contributed by atoms with Crippen molar-refractivity contribution in [2.24, 2.45) is 0 Å². The minimum Gasteiger partial charge on any atom is -0.454 e. The van der Waals surface area contributed by atoms with E-state index in [1.807, 2.05) is 44.4 Å². The van der Waals surface area contributed by atoms with E-state index in [2.05, 4.69) is 14.8 Å². The van der Waals surface area contributed by atoms with E-state index in [4.69, 9.17) is 9.47 Å². The second kappa shape index (κ2) is 8.18. The number of fused-ring (bicyclic) bond motifs is 1. The number of hydrogen-bond acceptors (Lipinski definition) is 8. The van der Waals surface area contributed by atoms with E-state index >= 15 is 0 Å². The Morgan fingerprint density at radius 3 is 2.75 bits per heavy atom. The second-order valence-corrected chi connectivity index (χ2v) is 9.56. The number of rotatable bonds is 7. The van der Waals surface area contributed by atoms with Gasteiger partial charge in [0.25, 0.3) is 0 Å². The van der Waals surface area contributed by atoms with Gasteiger partial charge in [-0.1, -0.05) is 40.9 Å². The smallest absolute Gasteiger partial charge is 0.231 e. The molecule has 1 aliphatic rings. The lowest BCUT2D eigenvalue weighted by atomic mass is 10.1. The Hall–Kier alpha value is -1.97.